The van der Waals surface area contributed by atoms with Crippen LogP contribution in [-0.4, -0.2) is 35.2 Å². The van der Waals surface area contributed by atoms with Crippen LogP contribution in [0.3, 0.4) is 0 Å². The first-order valence-corrected chi connectivity index (χ1v) is 10.7. The largest absolute Gasteiger partial charge is 0.426 e. The second kappa shape index (κ2) is 8.49. The Labute approximate surface area is 198 Å². The summed E-state index contributed by atoms with van der Waals surface area (Å²) in [6.45, 7) is 0.170. The Morgan fingerprint density at radius 3 is 2.37 bits per heavy atom. The number of ether oxygens (including phenoxy) is 1. The van der Waals surface area contributed by atoms with Gasteiger partial charge in [0.2, 0.25) is 5.91 Å². The van der Waals surface area contributed by atoms with Crippen molar-refractivity contribution in [3.63, 3.8) is 0 Å². The second-order valence-electron chi connectivity index (χ2n) is 8.06. The average molecular weight is 471 g/mol. The molecule has 0 N–H and O–H groups in total. The van der Waals surface area contributed by atoms with E-state index in [1.807, 2.05) is 6.07 Å². The van der Waals surface area contributed by atoms with Crippen molar-refractivity contribution in [3.8, 4) is 5.75 Å². The minimum Gasteiger partial charge on any atom is -0.426 e. The van der Waals surface area contributed by atoms with E-state index in [-0.39, 0.29) is 41.4 Å². The SMILES string of the molecule is O=C(Oc1cccc(N2C(=O)c3cccc([N+](=O)[O-])c3C2=O)c1)[C@@H]1CC(=O)N(c2ccccc2)C1. The molecule has 10 heteroatoms. The van der Waals surface area contributed by atoms with E-state index < -0.39 is 34.3 Å². The smallest absolute Gasteiger partial charge is 0.316 e. The van der Waals surface area contributed by atoms with E-state index in [2.05, 4.69) is 0 Å². The molecule has 10 nitrogen and oxygen atoms in total. The van der Waals surface area contributed by atoms with Crippen molar-refractivity contribution in [1.82, 2.24) is 0 Å². The highest BCUT2D eigenvalue weighted by Gasteiger charge is 2.42. The van der Waals surface area contributed by atoms with Crippen LogP contribution in [0.1, 0.15) is 27.1 Å². The molecule has 2 aliphatic heterocycles. The Hall–Kier alpha value is -4.86. The number of hydrogen-bond acceptors (Lipinski definition) is 7. The van der Waals surface area contributed by atoms with Gasteiger partial charge in [-0.05, 0) is 30.3 Å². The standard InChI is InChI=1S/C25H17N3O7/c29-21-12-15(14-26(21)16-6-2-1-3-7-16)25(32)35-18-9-4-8-17(13-18)27-23(30)19-10-5-11-20(28(33)34)22(19)24(27)31/h1-11,13,15H,12,14H2/t15-/m1/s1. The topological polar surface area (TPSA) is 127 Å². The highest BCUT2D eigenvalue weighted by atomic mass is 16.6. The fourth-order valence-electron chi connectivity index (χ4n) is 4.26. The van der Waals surface area contributed by atoms with E-state index in [1.54, 1.807) is 24.3 Å². The summed E-state index contributed by atoms with van der Waals surface area (Å²) in [4.78, 5) is 63.9. The van der Waals surface area contributed by atoms with E-state index in [4.69, 9.17) is 4.74 Å². The zero-order valence-corrected chi connectivity index (χ0v) is 18.1. The molecule has 0 bridgehead atoms. The molecule has 0 radical (unpaired) electrons. The van der Waals surface area contributed by atoms with E-state index in [1.165, 1.54) is 41.3 Å². The Morgan fingerprint density at radius 1 is 0.914 bits per heavy atom. The van der Waals surface area contributed by atoms with Crippen LogP contribution in [0.15, 0.2) is 72.8 Å². The number of rotatable bonds is 5. The van der Waals surface area contributed by atoms with Gasteiger partial charge in [-0.25, -0.2) is 4.90 Å². The first-order chi connectivity index (χ1) is 16.8. The van der Waals surface area contributed by atoms with Gasteiger partial charge in [-0.3, -0.25) is 29.3 Å². The maximum Gasteiger partial charge on any atom is 0.316 e. The quantitative estimate of drug-likeness (QED) is 0.184. The third-order valence-electron chi connectivity index (χ3n) is 5.91. The summed E-state index contributed by atoms with van der Waals surface area (Å²) in [5.41, 5.74) is -0.0223. The van der Waals surface area contributed by atoms with Crippen molar-refractivity contribution < 1.29 is 28.8 Å². The van der Waals surface area contributed by atoms with Gasteiger partial charge >= 0.3 is 5.97 Å². The highest BCUT2D eigenvalue weighted by molar-refractivity contribution is 6.35. The number of carbonyl (C=O) groups excluding carboxylic acids is 4. The van der Waals surface area contributed by atoms with Gasteiger partial charge in [0.05, 0.1) is 22.1 Å². The number of anilines is 2. The van der Waals surface area contributed by atoms with Crippen molar-refractivity contribution in [1.29, 1.82) is 0 Å². The van der Waals surface area contributed by atoms with Gasteiger partial charge < -0.3 is 9.64 Å². The lowest BCUT2D eigenvalue weighted by Crippen LogP contribution is -2.29. The van der Waals surface area contributed by atoms with Crippen LogP contribution < -0.4 is 14.5 Å². The van der Waals surface area contributed by atoms with Gasteiger partial charge in [-0.1, -0.05) is 30.3 Å². The summed E-state index contributed by atoms with van der Waals surface area (Å²) in [7, 11) is 0. The molecule has 0 aliphatic carbocycles. The van der Waals surface area contributed by atoms with E-state index in [0.29, 0.717) is 5.69 Å². The Bertz CT molecular complexity index is 1400. The molecule has 3 aromatic rings. The molecule has 3 amide bonds. The summed E-state index contributed by atoms with van der Waals surface area (Å²) in [6, 6.07) is 18.6. The van der Waals surface area contributed by atoms with Crippen molar-refractivity contribution in [3.05, 3.63) is 94.0 Å². The predicted molar refractivity (Wildman–Crippen MR) is 123 cm³/mol. The van der Waals surface area contributed by atoms with Crippen molar-refractivity contribution >= 4 is 40.8 Å². The molecule has 35 heavy (non-hydrogen) atoms. The van der Waals surface area contributed by atoms with Gasteiger partial charge in [-0.2, -0.15) is 0 Å². The fourth-order valence-corrected chi connectivity index (χ4v) is 4.26. The normalized spacial score (nSPS) is 17.0. The number of amides is 3. The zero-order valence-electron chi connectivity index (χ0n) is 18.1. The van der Waals surface area contributed by atoms with Crippen LogP contribution in [0.25, 0.3) is 0 Å². The molecular weight excluding hydrogens is 454 g/mol. The molecule has 0 saturated carbocycles. The van der Waals surface area contributed by atoms with Crippen LogP contribution in [0.4, 0.5) is 17.1 Å². The molecule has 5 rings (SSSR count). The molecule has 0 unspecified atom stereocenters. The third kappa shape index (κ3) is 3.80. The number of carbonyl (C=O) groups is 4. The number of nitro benzene ring substituents is 1. The molecule has 0 aromatic heterocycles. The van der Waals surface area contributed by atoms with Crippen LogP contribution in [0.2, 0.25) is 0 Å². The molecule has 174 valence electrons. The van der Waals surface area contributed by atoms with Crippen LogP contribution in [0, 0.1) is 16.0 Å². The molecule has 3 aromatic carbocycles. The second-order valence-corrected chi connectivity index (χ2v) is 8.06. The van der Waals surface area contributed by atoms with E-state index in [0.717, 1.165) is 11.0 Å². The number of benzene rings is 3. The Kier molecular flexibility index (Phi) is 5.33. The Balaban J connectivity index is 1.35. The molecule has 0 spiro atoms. The summed E-state index contributed by atoms with van der Waals surface area (Å²) in [5, 5.41) is 11.3. The molecule has 1 saturated heterocycles. The van der Waals surface area contributed by atoms with Gasteiger partial charge in [0.15, 0.2) is 0 Å². The maximum absolute atomic E-state index is 12.9. The lowest BCUT2D eigenvalue weighted by atomic mass is 10.1. The average Bonchev–Trinajstić information content (AvgIpc) is 3.37. The van der Waals surface area contributed by atoms with Crippen LogP contribution in [0.5, 0.6) is 5.75 Å². The highest BCUT2D eigenvalue weighted by Crippen LogP contribution is 2.35. The van der Waals surface area contributed by atoms with Crippen LogP contribution in [-0.2, 0) is 9.59 Å². The fraction of sp³-hybridized carbons (Fsp3) is 0.120. The number of para-hydroxylation sites is 1. The molecule has 1 atom stereocenters. The van der Waals surface area contributed by atoms with Crippen LogP contribution >= 0.6 is 0 Å². The number of imide groups is 1. The first-order valence-electron chi connectivity index (χ1n) is 10.7. The Morgan fingerprint density at radius 2 is 1.63 bits per heavy atom. The summed E-state index contributed by atoms with van der Waals surface area (Å²) in [6.07, 6.45) is -0.00447. The number of fused-ring (bicyclic) bond motifs is 1. The van der Waals surface area contributed by atoms with Crippen molar-refractivity contribution in [2.75, 3.05) is 16.3 Å². The number of nitrogens with zero attached hydrogens (tertiary/aromatic N) is 3. The van der Waals surface area contributed by atoms with Gasteiger partial charge in [0.25, 0.3) is 17.5 Å². The number of hydrogen-bond donors (Lipinski definition) is 0. The monoisotopic (exact) mass is 471 g/mol. The molecule has 2 aliphatic rings. The van der Waals surface area contributed by atoms with Crippen molar-refractivity contribution in [2.45, 2.75) is 6.42 Å². The van der Waals surface area contributed by atoms with Crippen molar-refractivity contribution in [2.24, 2.45) is 5.92 Å². The predicted octanol–water partition coefficient (Wildman–Crippen LogP) is 3.35. The zero-order chi connectivity index (χ0) is 24.7. The van der Waals surface area contributed by atoms with E-state index in [9.17, 15) is 29.3 Å². The van der Waals surface area contributed by atoms with Gasteiger partial charge in [0, 0.05) is 30.8 Å². The lowest BCUT2D eigenvalue weighted by Gasteiger charge is -2.17. The number of esters is 1. The number of nitro groups is 1. The summed E-state index contributed by atoms with van der Waals surface area (Å²) >= 11 is 0. The minimum atomic E-state index is -0.833. The molecule has 1 fully saturated rings. The third-order valence-corrected chi connectivity index (χ3v) is 5.91. The maximum atomic E-state index is 12.9. The summed E-state index contributed by atoms with van der Waals surface area (Å²) < 4.78 is 5.47. The summed E-state index contributed by atoms with van der Waals surface area (Å²) in [5.74, 6) is -2.97. The van der Waals surface area contributed by atoms with Gasteiger partial charge in [-0.15, -0.1) is 0 Å². The molecule has 2 heterocycles. The van der Waals surface area contributed by atoms with E-state index >= 15 is 0 Å². The van der Waals surface area contributed by atoms with Gasteiger partial charge in [0.1, 0.15) is 11.3 Å². The first kappa shape index (κ1) is 22.0. The lowest BCUT2D eigenvalue weighted by molar-refractivity contribution is -0.385. The molecular formula is C25H17N3O7. The minimum absolute atomic E-state index is 0.00447.